The Labute approximate surface area is 676 Å². The number of anilines is 2. The maximum atomic E-state index is 16.1. The number of ether oxygens (including phenoxy) is 4. The van der Waals surface area contributed by atoms with Gasteiger partial charge in [0.15, 0.2) is 11.6 Å². The summed E-state index contributed by atoms with van der Waals surface area (Å²) < 4.78 is 28.9. The Hall–Kier alpha value is -12.5. The topological polar surface area (TPSA) is 245 Å². The number of halogens is 4. The molecule has 0 bridgehead atoms. The maximum Gasteiger partial charge on any atom is 0.262 e. The molecule has 0 aliphatic carbocycles. The van der Waals surface area contributed by atoms with Crippen molar-refractivity contribution < 1.29 is 66.9 Å². The molecule has 2 aliphatic heterocycles. The van der Waals surface area contributed by atoms with E-state index in [9.17, 15) is 28.8 Å². The van der Waals surface area contributed by atoms with Crippen LogP contribution in [0.5, 0.6) is 46.0 Å². The van der Waals surface area contributed by atoms with Gasteiger partial charge in [-0.25, -0.2) is 0 Å². The van der Waals surface area contributed by atoms with Crippen LogP contribution in [0, 0.1) is 0 Å². The zero-order valence-corrected chi connectivity index (χ0v) is 65.1. The van der Waals surface area contributed by atoms with E-state index in [1.54, 1.807) is 147 Å². The number of likely N-dealkylation sites (N-methyl/N-ethyl adjacent to an activating group) is 2. The number of nitrogens with zero attached hydrogens (tertiary/aromatic N) is 4. The summed E-state index contributed by atoms with van der Waals surface area (Å²) in [6.07, 6.45) is 2.79. The summed E-state index contributed by atoms with van der Waals surface area (Å²) in [6, 6.07) is 51.5. The van der Waals surface area contributed by atoms with Crippen LogP contribution in [0.3, 0.4) is 0 Å². The van der Waals surface area contributed by atoms with Crippen molar-refractivity contribution in [2.24, 2.45) is 0 Å². The molecule has 0 atom stereocenters. The molecule has 20 nitrogen and oxygen atoms in total. The number of ketones is 2. The standard InChI is InChI=1S/C90H74Cl4N6O14/c1-7-97(59-19-11-9-12-20-59)75(103)49-99-87(107)65-45-71(111-61-33-25-55(26-34-61)17-15-23-69(101)51(3)91)79-81-73(113-63-37-29-57(30-38-63)41-43-95-85(105)53(5)93)47-67-78-68(90(110)100(89(67)109)50-76(104)98(8-2)60-21-13-10-14-22-60)48-74(114-64-39-31-58(32-40-64)42-44-96-86(106)54(6)94)82(84(78)81)80-72(46-66(88(99)108)77(65)83(79)80)112-62-35-27-56(28-36-62)18-16-24-70(102)52(4)92/h9-14,19-22,25-40,45-48H,3-8,15-18,23-24,41-44,49-50H2,1-2H3,(H,95,105)(H,96,106). The van der Waals surface area contributed by atoms with Crippen LogP contribution in [-0.4, -0.2) is 108 Å². The molecule has 2 aliphatic rings. The first-order chi connectivity index (χ1) is 54.9. The lowest BCUT2D eigenvalue weighted by Gasteiger charge is -2.33. The quantitative estimate of drug-likeness (QED) is 0.0165. The number of fused-ring (bicyclic) bond motifs is 2. The normalized spacial score (nSPS) is 12.3. The first-order valence-corrected chi connectivity index (χ1v) is 38.3. The lowest BCUT2D eigenvalue weighted by molar-refractivity contribution is -0.119. The van der Waals surface area contributed by atoms with Gasteiger partial charge in [-0.1, -0.05) is 158 Å². The van der Waals surface area contributed by atoms with E-state index in [0.717, 1.165) is 32.1 Å². The second-order valence-corrected chi connectivity index (χ2v) is 29.0. The van der Waals surface area contributed by atoms with Crippen molar-refractivity contribution >= 4 is 160 Å². The molecule has 114 heavy (non-hydrogen) atoms. The van der Waals surface area contributed by atoms with E-state index in [-0.39, 0.29) is 182 Å². The number of para-hydroxylation sites is 2. The minimum absolute atomic E-state index is 0.0334. The first kappa shape index (κ1) is 79.6. The number of hydrogen-bond acceptors (Lipinski definition) is 14. The van der Waals surface area contributed by atoms with Gasteiger partial charge in [0, 0.05) is 93.5 Å². The summed E-state index contributed by atoms with van der Waals surface area (Å²) in [7, 11) is 0. The fraction of sp³-hybridized carbons (Fsp3) is 0.178. The molecule has 2 heterocycles. The Morgan fingerprint density at radius 3 is 0.886 bits per heavy atom. The second kappa shape index (κ2) is 34.7. The second-order valence-electron chi connectivity index (χ2n) is 27.2. The molecular weight excluding hydrogens is 1530 g/mol. The minimum atomic E-state index is -0.877. The van der Waals surface area contributed by atoms with Gasteiger partial charge in [0.05, 0.1) is 42.4 Å². The zero-order valence-electron chi connectivity index (χ0n) is 62.1. The number of carbonyl (C=O) groups is 10. The number of aryl methyl sites for hydroxylation is 2. The third-order valence-electron chi connectivity index (χ3n) is 19.9. The lowest BCUT2D eigenvalue weighted by atomic mass is 9.80. The molecule has 0 saturated heterocycles. The summed E-state index contributed by atoms with van der Waals surface area (Å²) in [5.41, 5.74) is 3.85. The van der Waals surface area contributed by atoms with Gasteiger partial charge in [0.1, 0.15) is 59.1 Å². The number of rotatable bonds is 34. The minimum Gasteiger partial charge on any atom is -0.457 e. The largest absolute Gasteiger partial charge is 0.457 e. The SMILES string of the molecule is C=C(Cl)C(=O)CCCc1ccc(Oc2cc3c4c(cc(Oc5ccc(CCCC(=O)C(=C)Cl)cc5)c5c6c(Oc7ccc(CCNC(=O)C(=C)Cl)cc7)cc7c8c(cc(Oc9ccc(CCNC(=O)C(=C)Cl)cc9)c(c2c45)c86)C(=O)N(CC(=O)N(CC)c2ccccc2)C7=O)C(=O)N(CC(=O)N(CC)c2ccccc2)C3=O)cc1. The van der Waals surface area contributed by atoms with E-state index >= 15 is 19.2 Å². The predicted octanol–water partition coefficient (Wildman–Crippen LogP) is 18.3. The summed E-state index contributed by atoms with van der Waals surface area (Å²) in [4.78, 5) is 149. The molecule has 0 radical (unpaired) electrons. The third-order valence-corrected chi connectivity index (χ3v) is 20.6. The van der Waals surface area contributed by atoms with Crippen LogP contribution < -0.4 is 39.4 Å². The van der Waals surface area contributed by atoms with Gasteiger partial charge in [-0.3, -0.25) is 57.7 Å². The van der Waals surface area contributed by atoms with Crippen LogP contribution in [0.4, 0.5) is 11.4 Å². The van der Waals surface area contributed by atoms with Crippen LogP contribution in [0.25, 0.3) is 43.1 Å². The van der Waals surface area contributed by atoms with Gasteiger partial charge in [0.2, 0.25) is 11.8 Å². The Balaban J connectivity index is 1.12. The van der Waals surface area contributed by atoms with Crippen LogP contribution in [0.2, 0.25) is 0 Å². The van der Waals surface area contributed by atoms with Crippen LogP contribution >= 0.6 is 46.4 Å². The number of allylic oxidation sites excluding steroid dienone is 2. The molecule has 576 valence electrons. The Bertz CT molecular complexity index is 5140. The first-order valence-electron chi connectivity index (χ1n) is 36.8. The molecule has 11 aromatic carbocycles. The highest BCUT2D eigenvalue weighted by molar-refractivity contribution is 6.46. The number of nitrogens with one attached hydrogen (secondary N) is 2. The molecule has 2 N–H and O–H groups in total. The van der Waals surface area contributed by atoms with Crippen LogP contribution in [0.1, 0.15) is 103 Å². The van der Waals surface area contributed by atoms with Gasteiger partial charge in [0.25, 0.3) is 35.4 Å². The summed E-state index contributed by atoms with van der Waals surface area (Å²) in [5, 5.41) is 6.07. The summed E-state index contributed by atoms with van der Waals surface area (Å²) >= 11 is 23.7. The van der Waals surface area contributed by atoms with Gasteiger partial charge >= 0.3 is 0 Å². The zero-order chi connectivity index (χ0) is 80.8. The average molecular weight is 1610 g/mol. The molecule has 11 aromatic rings. The van der Waals surface area contributed by atoms with E-state index in [2.05, 4.69) is 36.9 Å². The average Bonchev–Trinajstić information content (AvgIpc) is 0.671. The van der Waals surface area contributed by atoms with Crippen molar-refractivity contribution in [2.45, 2.75) is 65.2 Å². The summed E-state index contributed by atoms with van der Waals surface area (Å²) in [5.74, 6) is -5.60. The Morgan fingerprint density at radius 2 is 0.632 bits per heavy atom. The van der Waals surface area contributed by atoms with Crippen molar-refractivity contribution in [3.8, 4) is 46.0 Å². The van der Waals surface area contributed by atoms with Crippen LogP contribution in [-0.2, 0) is 54.5 Å². The summed E-state index contributed by atoms with van der Waals surface area (Å²) in [6.45, 7) is 17.0. The molecule has 0 aromatic heterocycles. The number of benzene rings is 11. The van der Waals surface area contributed by atoms with Gasteiger partial charge < -0.3 is 39.4 Å². The number of carbonyl (C=O) groups excluding carboxylic acids is 10. The highest BCUT2D eigenvalue weighted by Gasteiger charge is 2.43. The van der Waals surface area contributed by atoms with E-state index in [1.165, 1.54) is 34.1 Å². The number of amides is 8. The fourth-order valence-corrected chi connectivity index (χ4v) is 14.6. The molecule has 8 amide bonds. The molecule has 0 fully saturated rings. The predicted molar refractivity (Wildman–Crippen MR) is 443 cm³/mol. The highest BCUT2D eigenvalue weighted by Crippen LogP contribution is 2.58. The highest BCUT2D eigenvalue weighted by atomic mass is 35.5. The van der Waals surface area contributed by atoms with Crippen molar-refractivity contribution in [3.63, 3.8) is 0 Å². The van der Waals surface area contributed by atoms with Crippen molar-refractivity contribution in [3.05, 3.63) is 273 Å². The lowest BCUT2D eigenvalue weighted by Crippen LogP contribution is -2.47. The number of Topliss-reactive ketones (excluding diaryl/α,β-unsaturated/α-hetero) is 2. The monoisotopic (exact) mass is 1600 g/mol. The third kappa shape index (κ3) is 16.8. The van der Waals surface area contributed by atoms with E-state index in [4.69, 9.17) is 65.4 Å². The van der Waals surface area contributed by atoms with E-state index in [1.807, 2.05) is 24.3 Å². The molecule has 0 spiro atoms. The van der Waals surface area contributed by atoms with E-state index < -0.39 is 60.3 Å². The number of imide groups is 2. The number of hydrogen-bond donors (Lipinski definition) is 2. The Kier molecular flexibility index (Phi) is 24.2. The molecular formula is C90H74Cl4N6O14. The van der Waals surface area contributed by atoms with E-state index in [0.29, 0.717) is 49.9 Å². The fourth-order valence-electron chi connectivity index (χ4n) is 14.3. The van der Waals surface area contributed by atoms with Gasteiger partial charge in [-0.15, -0.1) is 0 Å². The van der Waals surface area contributed by atoms with Crippen molar-refractivity contribution in [1.82, 2.24) is 20.4 Å². The van der Waals surface area contributed by atoms with Crippen LogP contribution in [0.15, 0.2) is 228 Å². The smallest absolute Gasteiger partial charge is 0.262 e. The van der Waals surface area contributed by atoms with Gasteiger partial charge in [-0.05, 0) is 172 Å². The van der Waals surface area contributed by atoms with Crippen molar-refractivity contribution in [2.75, 3.05) is 49.1 Å². The molecule has 0 unspecified atom stereocenters. The van der Waals surface area contributed by atoms with Crippen molar-refractivity contribution in [1.29, 1.82) is 0 Å². The molecule has 0 saturated carbocycles. The molecule has 13 rings (SSSR count). The molecule has 24 heteroatoms. The Morgan fingerprint density at radius 1 is 0.360 bits per heavy atom. The van der Waals surface area contributed by atoms with Gasteiger partial charge in [-0.2, -0.15) is 0 Å². The maximum absolute atomic E-state index is 16.1.